The highest BCUT2D eigenvalue weighted by atomic mass is 32.2. The second-order valence-corrected chi connectivity index (χ2v) is 12.2. The third kappa shape index (κ3) is 4.83. The Kier molecular flexibility index (Phi) is 6.91. The van der Waals surface area contributed by atoms with Crippen molar-refractivity contribution >= 4 is 67.7 Å². The summed E-state index contributed by atoms with van der Waals surface area (Å²) in [5, 5.41) is 26.2. The molecule has 11 heteroatoms. The first-order chi connectivity index (χ1) is 19.0. The van der Waals surface area contributed by atoms with E-state index in [2.05, 4.69) is 21.6 Å². The summed E-state index contributed by atoms with van der Waals surface area (Å²) in [6.45, 7) is 0. The van der Waals surface area contributed by atoms with E-state index in [-0.39, 0.29) is 23.3 Å². The van der Waals surface area contributed by atoms with Gasteiger partial charge in [0.05, 0.1) is 23.3 Å². The van der Waals surface area contributed by atoms with Crippen LogP contribution in [0.3, 0.4) is 0 Å². The van der Waals surface area contributed by atoms with Gasteiger partial charge in [-0.05, 0) is 47.2 Å². The smallest absolute Gasteiger partial charge is 0.234 e. The van der Waals surface area contributed by atoms with E-state index >= 15 is 0 Å². The van der Waals surface area contributed by atoms with Crippen LogP contribution in [-0.2, 0) is 9.59 Å². The first kappa shape index (κ1) is 25.3. The van der Waals surface area contributed by atoms with Crippen LogP contribution >= 0.6 is 34.4 Å². The second kappa shape index (κ2) is 10.6. The highest BCUT2D eigenvalue weighted by Gasteiger charge is 2.41. The number of hydrogen-bond acceptors (Lipinski definition) is 10. The molecule has 2 aromatic heterocycles. The maximum absolute atomic E-state index is 13.2. The summed E-state index contributed by atoms with van der Waals surface area (Å²) < 4.78 is 0.592. The standard InChI is InChI=1S/C28H22N6O2S3/c29-14-19-24(22-9-4-12-37-22)25-20(7-3-8-21(25)35)34(26(19)30)27-32-33-28(39-27)38-15-23(36)31-18-11-10-16-5-1-2-6-17(16)13-18/h1-2,4-6,9-13,24H,3,7-8,15,30H2,(H,31,36). The number of allylic oxidation sites excluding steroid dienone is 3. The predicted octanol–water partition coefficient (Wildman–Crippen LogP) is 5.79. The first-order valence-corrected chi connectivity index (χ1v) is 15.0. The summed E-state index contributed by atoms with van der Waals surface area (Å²) in [5.41, 5.74) is 9.05. The Bertz CT molecular complexity index is 1700. The minimum atomic E-state index is -0.463. The van der Waals surface area contributed by atoms with Crippen molar-refractivity contribution in [2.75, 3.05) is 16.0 Å². The molecule has 0 spiro atoms. The zero-order chi connectivity index (χ0) is 26.9. The fourth-order valence-corrected chi connectivity index (χ4v) is 7.51. The van der Waals surface area contributed by atoms with Crippen molar-refractivity contribution < 1.29 is 9.59 Å². The van der Waals surface area contributed by atoms with Crippen LogP contribution in [0.1, 0.15) is 30.1 Å². The molecule has 1 amide bonds. The highest BCUT2D eigenvalue weighted by Crippen LogP contribution is 2.48. The normalized spacial score (nSPS) is 17.4. The highest BCUT2D eigenvalue weighted by molar-refractivity contribution is 8.01. The Hall–Kier alpha value is -3.98. The van der Waals surface area contributed by atoms with Gasteiger partial charge < -0.3 is 11.1 Å². The van der Waals surface area contributed by atoms with Crippen molar-refractivity contribution in [1.29, 1.82) is 5.26 Å². The number of nitrogens with one attached hydrogen (secondary N) is 1. The lowest BCUT2D eigenvalue weighted by atomic mass is 9.78. The molecule has 3 heterocycles. The minimum Gasteiger partial charge on any atom is -0.384 e. The van der Waals surface area contributed by atoms with E-state index in [0.29, 0.717) is 39.9 Å². The number of benzene rings is 2. The summed E-state index contributed by atoms with van der Waals surface area (Å²) in [6, 6.07) is 19.9. The molecule has 1 unspecified atom stereocenters. The lowest BCUT2D eigenvalue weighted by Crippen LogP contribution is -2.38. The zero-order valence-corrected chi connectivity index (χ0v) is 23.0. The van der Waals surface area contributed by atoms with Crippen molar-refractivity contribution in [2.24, 2.45) is 5.73 Å². The van der Waals surface area contributed by atoms with Gasteiger partial charge in [-0.2, -0.15) is 5.26 Å². The SMILES string of the molecule is N#CC1=C(N)N(c2nnc(SCC(=O)Nc3ccc4ccccc4c3)s2)C2=C(C(=O)CCC2)C1c1cccs1. The molecule has 6 rings (SSSR count). The number of carbonyl (C=O) groups excluding carboxylic acids is 2. The van der Waals surface area contributed by atoms with E-state index in [9.17, 15) is 14.9 Å². The summed E-state index contributed by atoms with van der Waals surface area (Å²) in [4.78, 5) is 28.4. The van der Waals surface area contributed by atoms with Gasteiger partial charge in [0.1, 0.15) is 5.82 Å². The van der Waals surface area contributed by atoms with Gasteiger partial charge in [-0.15, -0.1) is 21.5 Å². The zero-order valence-electron chi connectivity index (χ0n) is 20.6. The van der Waals surface area contributed by atoms with E-state index in [1.54, 1.807) is 4.90 Å². The number of ketones is 1. The van der Waals surface area contributed by atoms with E-state index < -0.39 is 5.92 Å². The van der Waals surface area contributed by atoms with Gasteiger partial charge in [0, 0.05) is 28.3 Å². The van der Waals surface area contributed by atoms with E-state index in [1.807, 2.05) is 60.0 Å². The molecule has 0 bridgehead atoms. The van der Waals surface area contributed by atoms with Crippen molar-refractivity contribution in [3.05, 3.63) is 87.5 Å². The number of nitriles is 1. The Morgan fingerprint density at radius 3 is 2.79 bits per heavy atom. The number of nitrogens with zero attached hydrogens (tertiary/aromatic N) is 4. The Balaban J connectivity index is 1.22. The van der Waals surface area contributed by atoms with Crippen LogP contribution in [0.5, 0.6) is 0 Å². The Morgan fingerprint density at radius 1 is 1.15 bits per heavy atom. The molecule has 0 radical (unpaired) electrons. The Labute approximate surface area is 236 Å². The fraction of sp³-hybridized carbons (Fsp3) is 0.179. The molecule has 3 N–H and O–H groups in total. The average molecular weight is 571 g/mol. The number of amides is 1. The summed E-state index contributed by atoms with van der Waals surface area (Å²) in [5.74, 6) is -0.161. The van der Waals surface area contributed by atoms with Gasteiger partial charge in [0.15, 0.2) is 10.1 Å². The van der Waals surface area contributed by atoms with Gasteiger partial charge in [-0.1, -0.05) is 59.5 Å². The molecule has 2 aliphatic rings. The third-order valence-corrected chi connectivity index (χ3v) is 9.67. The molecule has 0 saturated carbocycles. The number of fused-ring (bicyclic) bond motifs is 1. The molecule has 0 fully saturated rings. The number of aromatic nitrogens is 2. The van der Waals surface area contributed by atoms with Crippen molar-refractivity contribution in [1.82, 2.24) is 10.2 Å². The monoisotopic (exact) mass is 570 g/mol. The van der Waals surface area contributed by atoms with Crippen LogP contribution in [0.4, 0.5) is 10.8 Å². The molecule has 1 aliphatic carbocycles. The molecular weight excluding hydrogens is 549 g/mol. The molecular formula is C28H22N6O2S3. The molecule has 0 saturated heterocycles. The maximum Gasteiger partial charge on any atom is 0.234 e. The quantitative estimate of drug-likeness (QED) is 0.279. The van der Waals surface area contributed by atoms with Crippen LogP contribution in [0.15, 0.2) is 87.0 Å². The third-order valence-electron chi connectivity index (χ3n) is 6.69. The van der Waals surface area contributed by atoms with Crippen LogP contribution in [0, 0.1) is 11.3 Å². The summed E-state index contributed by atoms with van der Waals surface area (Å²) in [6.07, 6.45) is 1.80. The molecule has 39 heavy (non-hydrogen) atoms. The molecule has 8 nitrogen and oxygen atoms in total. The molecule has 1 atom stereocenters. The lowest BCUT2D eigenvalue weighted by Gasteiger charge is -2.37. The van der Waals surface area contributed by atoms with Gasteiger partial charge in [-0.25, -0.2) is 0 Å². The Morgan fingerprint density at radius 2 is 2.00 bits per heavy atom. The molecule has 194 valence electrons. The number of carbonyl (C=O) groups is 2. The average Bonchev–Trinajstić information content (AvgIpc) is 3.64. The van der Waals surface area contributed by atoms with Gasteiger partial charge in [-0.3, -0.25) is 14.5 Å². The van der Waals surface area contributed by atoms with Crippen molar-refractivity contribution in [2.45, 2.75) is 29.5 Å². The topological polar surface area (TPSA) is 125 Å². The first-order valence-electron chi connectivity index (χ1n) is 12.3. The molecule has 1 aliphatic heterocycles. The second-order valence-electron chi connectivity index (χ2n) is 9.08. The van der Waals surface area contributed by atoms with Crippen LogP contribution < -0.4 is 16.0 Å². The van der Waals surface area contributed by atoms with E-state index in [0.717, 1.165) is 27.0 Å². The lowest BCUT2D eigenvalue weighted by molar-refractivity contribution is -0.116. The summed E-state index contributed by atoms with van der Waals surface area (Å²) in [7, 11) is 0. The largest absolute Gasteiger partial charge is 0.384 e. The van der Waals surface area contributed by atoms with Gasteiger partial charge >= 0.3 is 0 Å². The van der Waals surface area contributed by atoms with Gasteiger partial charge in [0.25, 0.3) is 0 Å². The minimum absolute atomic E-state index is 0.0318. The predicted molar refractivity (Wildman–Crippen MR) is 155 cm³/mol. The van der Waals surface area contributed by atoms with Gasteiger partial charge in [0.2, 0.25) is 11.0 Å². The molecule has 2 aromatic carbocycles. The number of anilines is 2. The van der Waals surface area contributed by atoms with Crippen LogP contribution in [0.2, 0.25) is 0 Å². The molecule has 4 aromatic rings. The van der Waals surface area contributed by atoms with Crippen molar-refractivity contribution in [3.8, 4) is 6.07 Å². The fourth-order valence-electron chi connectivity index (χ4n) is 4.99. The number of thiophene rings is 1. The van der Waals surface area contributed by atoms with Crippen molar-refractivity contribution in [3.63, 3.8) is 0 Å². The number of Topliss-reactive ketones (excluding diaryl/α,β-unsaturated/α-hetero) is 1. The number of hydrogen-bond donors (Lipinski definition) is 2. The van der Waals surface area contributed by atoms with Crippen LogP contribution in [0.25, 0.3) is 10.8 Å². The maximum atomic E-state index is 13.2. The number of nitrogens with two attached hydrogens (primary N) is 1. The summed E-state index contributed by atoms with van der Waals surface area (Å²) >= 11 is 4.06. The van der Waals surface area contributed by atoms with E-state index in [1.165, 1.54) is 34.4 Å². The number of thioether (sulfide) groups is 1. The van der Waals surface area contributed by atoms with Crippen LogP contribution in [-0.4, -0.2) is 27.6 Å². The number of rotatable bonds is 6. The van der Waals surface area contributed by atoms with E-state index in [4.69, 9.17) is 5.73 Å².